The Hall–Kier alpha value is -4.42. The number of nitrogens with zero attached hydrogens (tertiary/aromatic N) is 2. The zero-order chi connectivity index (χ0) is 29.3. The Morgan fingerprint density at radius 1 is 0.762 bits per heavy atom. The zero-order valence-corrected chi connectivity index (χ0v) is 24.4. The first-order valence-electron chi connectivity index (χ1n) is 14.7. The molecule has 0 aromatic heterocycles. The van der Waals surface area contributed by atoms with Crippen molar-refractivity contribution in [1.82, 2.24) is 4.90 Å². The highest BCUT2D eigenvalue weighted by Gasteiger charge is 2.32. The monoisotopic (exact) mass is 561 g/mol. The topological polar surface area (TPSA) is 61.9 Å². The molecule has 216 valence electrons. The Morgan fingerprint density at radius 2 is 1.33 bits per heavy atom. The van der Waals surface area contributed by atoms with E-state index in [1.807, 2.05) is 97.1 Å². The van der Waals surface area contributed by atoms with E-state index in [1.54, 1.807) is 4.90 Å². The van der Waals surface area contributed by atoms with E-state index in [0.717, 1.165) is 35.5 Å². The first-order valence-corrected chi connectivity index (χ1v) is 14.7. The third-order valence-electron chi connectivity index (χ3n) is 7.70. The van der Waals surface area contributed by atoms with Crippen LogP contribution >= 0.6 is 0 Å². The summed E-state index contributed by atoms with van der Waals surface area (Å²) in [6.07, 6.45) is 0.204. The Labute approximate surface area is 248 Å². The Morgan fingerprint density at radius 3 is 1.93 bits per heavy atom. The molecule has 1 heterocycles. The van der Waals surface area contributed by atoms with Crippen molar-refractivity contribution in [2.75, 3.05) is 36.5 Å². The SMILES string of the molecule is CC(C)c1ccc(C(C(=O)Nc2ccc(N3CCOCC3)cc2)N(Cc2ccccc2)C(=O)Cc2ccccc2)cc1. The van der Waals surface area contributed by atoms with Gasteiger partial charge >= 0.3 is 0 Å². The molecule has 1 saturated heterocycles. The fraction of sp³-hybridized carbons (Fsp3) is 0.278. The van der Waals surface area contributed by atoms with E-state index in [4.69, 9.17) is 4.74 Å². The molecule has 0 spiro atoms. The number of hydrogen-bond donors (Lipinski definition) is 1. The number of carbonyl (C=O) groups excluding carboxylic acids is 2. The summed E-state index contributed by atoms with van der Waals surface area (Å²) < 4.78 is 5.48. The van der Waals surface area contributed by atoms with E-state index in [9.17, 15) is 9.59 Å². The highest BCUT2D eigenvalue weighted by Crippen LogP contribution is 2.29. The van der Waals surface area contributed by atoms with Crippen LogP contribution in [0.2, 0.25) is 0 Å². The first kappa shape index (κ1) is 29.1. The highest BCUT2D eigenvalue weighted by molar-refractivity contribution is 5.98. The van der Waals surface area contributed by atoms with Gasteiger partial charge in [0.15, 0.2) is 0 Å². The molecule has 4 aromatic rings. The molecule has 1 atom stereocenters. The fourth-order valence-corrected chi connectivity index (χ4v) is 5.30. The second-order valence-electron chi connectivity index (χ2n) is 11.0. The van der Waals surface area contributed by atoms with E-state index < -0.39 is 6.04 Å². The van der Waals surface area contributed by atoms with E-state index in [0.29, 0.717) is 31.4 Å². The second kappa shape index (κ2) is 14.0. The third-order valence-corrected chi connectivity index (χ3v) is 7.70. The minimum Gasteiger partial charge on any atom is -0.378 e. The largest absolute Gasteiger partial charge is 0.378 e. The van der Waals surface area contributed by atoms with Gasteiger partial charge in [0.25, 0.3) is 5.91 Å². The molecular weight excluding hydrogens is 522 g/mol. The number of amides is 2. The van der Waals surface area contributed by atoms with Crippen LogP contribution in [0.4, 0.5) is 11.4 Å². The molecule has 1 unspecified atom stereocenters. The van der Waals surface area contributed by atoms with Crippen molar-refractivity contribution in [1.29, 1.82) is 0 Å². The first-order chi connectivity index (χ1) is 20.5. The molecule has 1 N–H and O–H groups in total. The van der Waals surface area contributed by atoms with Gasteiger partial charge in [0, 0.05) is 31.0 Å². The highest BCUT2D eigenvalue weighted by atomic mass is 16.5. The lowest BCUT2D eigenvalue weighted by molar-refractivity contribution is -0.139. The number of anilines is 2. The van der Waals surface area contributed by atoms with E-state index >= 15 is 0 Å². The van der Waals surface area contributed by atoms with Gasteiger partial charge in [0.2, 0.25) is 5.91 Å². The van der Waals surface area contributed by atoms with Crippen LogP contribution in [0.3, 0.4) is 0 Å². The number of nitrogens with one attached hydrogen (secondary N) is 1. The Bertz CT molecular complexity index is 1430. The number of rotatable bonds is 10. The van der Waals surface area contributed by atoms with Crippen LogP contribution in [0, 0.1) is 0 Å². The normalized spacial score (nSPS) is 13.9. The van der Waals surface area contributed by atoms with Crippen molar-refractivity contribution in [3.63, 3.8) is 0 Å². The number of carbonyl (C=O) groups is 2. The summed E-state index contributed by atoms with van der Waals surface area (Å²) in [6, 6.07) is 34.7. The summed E-state index contributed by atoms with van der Waals surface area (Å²) in [6.45, 7) is 7.71. The second-order valence-corrected chi connectivity index (χ2v) is 11.0. The van der Waals surface area contributed by atoms with Crippen LogP contribution in [-0.4, -0.2) is 43.0 Å². The van der Waals surface area contributed by atoms with E-state index in [2.05, 4.69) is 36.2 Å². The van der Waals surface area contributed by atoms with Gasteiger partial charge in [-0.15, -0.1) is 0 Å². The maximum atomic E-state index is 14.2. The molecular formula is C36H39N3O3. The zero-order valence-electron chi connectivity index (χ0n) is 24.4. The van der Waals surface area contributed by atoms with Crippen LogP contribution in [0.25, 0.3) is 0 Å². The van der Waals surface area contributed by atoms with Gasteiger partial charge in [-0.2, -0.15) is 0 Å². The smallest absolute Gasteiger partial charge is 0.251 e. The maximum Gasteiger partial charge on any atom is 0.251 e. The van der Waals surface area contributed by atoms with Gasteiger partial charge in [-0.1, -0.05) is 98.8 Å². The Kier molecular flexibility index (Phi) is 9.67. The molecule has 5 rings (SSSR count). The number of ether oxygens (including phenoxy) is 1. The Balaban J connectivity index is 1.47. The van der Waals surface area contributed by atoms with Crippen molar-refractivity contribution in [2.24, 2.45) is 0 Å². The molecule has 4 aromatic carbocycles. The number of morpholine rings is 1. The van der Waals surface area contributed by atoms with Crippen LogP contribution < -0.4 is 10.2 Å². The lowest BCUT2D eigenvalue weighted by Gasteiger charge is -2.32. The maximum absolute atomic E-state index is 14.2. The molecule has 42 heavy (non-hydrogen) atoms. The van der Waals surface area contributed by atoms with Gasteiger partial charge in [-0.25, -0.2) is 0 Å². The summed E-state index contributed by atoms with van der Waals surface area (Å²) in [5.74, 6) is 0.000934. The van der Waals surface area contributed by atoms with Gasteiger partial charge in [0.05, 0.1) is 19.6 Å². The standard InChI is InChI=1S/C36H39N3O3/c1-27(2)30-13-15-31(16-14-30)35(36(41)37-32-17-19-33(20-18-32)38-21-23-42-24-22-38)39(26-29-11-7-4-8-12-29)34(40)25-28-9-5-3-6-10-28/h3-20,27,35H,21-26H2,1-2H3,(H,37,41). The van der Waals surface area contributed by atoms with Crippen molar-refractivity contribution >= 4 is 23.2 Å². The molecule has 6 nitrogen and oxygen atoms in total. The third kappa shape index (κ3) is 7.45. The fourth-order valence-electron chi connectivity index (χ4n) is 5.30. The lowest BCUT2D eigenvalue weighted by Crippen LogP contribution is -2.41. The van der Waals surface area contributed by atoms with Crippen LogP contribution in [0.15, 0.2) is 109 Å². The van der Waals surface area contributed by atoms with Crippen molar-refractivity contribution in [2.45, 2.75) is 38.8 Å². The van der Waals surface area contributed by atoms with E-state index in [1.165, 1.54) is 5.56 Å². The van der Waals surface area contributed by atoms with Gasteiger partial charge < -0.3 is 19.9 Å². The van der Waals surface area contributed by atoms with Gasteiger partial charge in [-0.3, -0.25) is 9.59 Å². The van der Waals surface area contributed by atoms with Crippen molar-refractivity contribution in [3.8, 4) is 0 Å². The predicted octanol–water partition coefficient (Wildman–Crippen LogP) is 6.60. The average molecular weight is 562 g/mol. The quantitative estimate of drug-likeness (QED) is 0.237. The van der Waals surface area contributed by atoms with Crippen LogP contribution in [0.5, 0.6) is 0 Å². The molecule has 0 aliphatic carbocycles. The molecule has 0 saturated carbocycles. The number of benzene rings is 4. The molecule has 0 bridgehead atoms. The average Bonchev–Trinajstić information content (AvgIpc) is 3.03. The van der Waals surface area contributed by atoms with E-state index in [-0.39, 0.29) is 18.2 Å². The van der Waals surface area contributed by atoms with Crippen LogP contribution in [0.1, 0.15) is 48.1 Å². The molecule has 1 fully saturated rings. The molecule has 2 amide bonds. The molecule has 1 aliphatic heterocycles. The summed E-state index contributed by atoms with van der Waals surface area (Å²) in [5, 5.41) is 3.12. The van der Waals surface area contributed by atoms with Crippen molar-refractivity contribution < 1.29 is 14.3 Å². The predicted molar refractivity (Wildman–Crippen MR) is 169 cm³/mol. The lowest BCUT2D eigenvalue weighted by atomic mass is 9.97. The minimum atomic E-state index is -0.818. The summed E-state index contributed by atoms with van der Waals surface area (Å²) in [4.78, 5) is 32.2. The summed E-state index contributed by atoms with van der Waals surface area (Å²) in [7, 11) is 0. The van der Waals surface area contributed by atoms with Gasteiger partial charge in [0.1, 0.15) is 6.04 Å². The molecule has 6 heteroatoms. The number of hydrogen-bond acceptors (Lipinski definition) is 4. The summed E-state index contributed by atoms with van der Waals surface area (Å²) >= 11 is 0. The minimum absolute atomic E-state index is 0.110. The van der Waals surface area contributed by atoms with Gasteiger partial charge in [-0.05, 0) is 52.4 Å². The van der Waals surface area contributed by atoms with Crippen LogP contribution in [-0.2, 0) is 27.3 Å². The van der Waals surface area contributed by atoms with Crippen molar-refractivity contribution in [3.05, 3.63) is 131 Å². The molecule has 1 aliphatic rings. The summed E-state index contributed by atoms with van der Waals surface area (Å²) in [5.41, 5.74) is 5.62. The molecule has 0 radical (unpaired) electrons.